The summed E-state index contributed by atoms with van der Waals surface area (Å²) in [4.78, 5) is 0. The van der Waals surface area contributed by atoms with E-state index in [4.69, 9.17) is 4.42 Å². The van der Waals surface area contributed by atoms with E-state index < -0.39 is 0 Å². The second-order valence-electron chi connectivity index (χ2n) is 4.83. The van der Waals surface area contributed by atoms with Gasteiger partial charge in [0.05, 0.1) is 6.54 Å². The number of rotatable bonds is 4. The van der Waals surface area contributed by atoms with Crippen LogP contribution in [0.1, 0.15) is 19.1 Å². The third kappa shape index (κ3) is 2.42. The van der Waals surface area contributed by atoms with E-state index in [0.717, 1.165) is 29.5 Å². The van der Waals surface area contributed by atoms with Gasteiger partial charge in [-0.15, -0.1) is 0 Å². The lowest BCUT2D eigenvalue weighted by atomic mass is 10.2. The Morgan fingerprint density at radius 2 is 1.94 bits per heavy atom. The van der Waals surface area contributed by atoms with E-state index in [1.807, 2.05) is 24.3 Å². The molecule has 2 atom stereocenters. The maximum atomic E-state index is 5.82. The van der Waals surface area contributed by atoms with Crippen molar-refractivity contribution in [2.75, 3.05) is 0 Å². The minimum Gasteiger partial charge on any atom is -0.460 e. The van der Waals surface area contributed by atoms with E-state index in [2.05, 4.69) is 30.4 Å². The molecule has 2 aromatic rings. The van der Waals surface area contributed by atoms with Crippen molar-refractivity contribution in [1.82, 2.24) is 5.32 Å². The predicted octanol–water partition coefficient (Wildman–Crippen LogP) is 3.44. The molecule has 2 unspecified atom stereocenters. The monoisotopic (exact) mass is 227 g/mol. The highest BCUT2D eigenvalue weighted by atomic mass is 16.3. The molecular weight excluding hydrogens is 210 g/mol. The molecule has 1 aromatic heterocycles. The van der Waals surface area contributed by atoms with Gasteiger partial charge in [-0.1, -0.05) is 37.3 Å². The first-order chi connectivity index (χ1) is 8.33. The van der Waals surface area contributed by atoms with Crippen LogP contribution in [0.4, 0.5) is 0 Å². The number of hydrogen-bond donors (Lipinski definition) is 1. The van der Waals surface area contributed by atoms with Gasteiger partial charge < -0.3 is 9.73 Å². The Morgan fingerprint density at radius 1 is 1.18 bits per heavy atom. The van der Waals surface area contributed by atoms with Crippen LogP contribution in [0.2, 0.25) is 0 Å². The van der Waals surface area contributed by atoms with Gasteiger partial charge >= 0.3 is 0 Å². The molecule has 2 nitrogen and oxygen atoms in total. The highest BCUT2D eigenvalue weighted by Crippen LogP contribution is 2.29. The number of furan rings is 1. The molecule has 17 heavy (non-hydrogen) atoms. The van der Waals surface area contributed by atoms with Gasteiger partial charge in [-0.25, -0.2) is 0 Å². The summed E-state index contributed by atoms with van der Waals surface area (Å²) < 4.78 is 5.82. The van der Waals surface area contributed by atoms with Crippen molar-refractivity contribution in [3.63, 3.8) is 0 Å². The van der Waals surface area contributed by atoms with E-state index in [-0.39, 0.29) is 0 Å². The molecule has 2 heteroatoms. The lowest BCUT2D eigenvalue weighted by molar-refractivity contribution is 0.488. The second-order valence-corrected chi connectivity index (χ2v) is 4.83. The molecule has 0 amide bonds. The zero-order valence-electron chi connectivity index (χ0n) is 10.0. The van der Waals surface area contributed by atoms with Crippen LogP contribution in [-0.2, 0) is 6.54 Å². The van der Waals surface area contributed by atoms with Gasteiger partial charge in [0.25, 0.3) is 0 Å². The molecule has 0 radical (unpaired) electrons. The van der Waals surface area contributed by atoms with Crippen LogP contribution in [0.3, 0.4) is 0 Å². The Bertz CT molecular complexity index is 489. The van der Waals surface area contributed by atoms with Gasteiger partial charge in [0.15, 0.2) is 0 Å². The minimum absolute atomic E-state index is 0.695. The highest BCUT2D eigenvalue weighted by molar-refractivity contribution is 5.57. The van der Waals surface area contributed by atoms with Crippen molar-refractivity contribution in [1.29, 1.82) is 0 Å². The number of hydrogen-bond acceptors (Lipinski definition) is 2. The summed E-state index contributed by atoms with van der Waals surface area (Å²) in [6.07, 6.45) is 1.30. The van der Waals surface area contributed by atoms with Crippen LogP contribution in [-0.4, -0.2) is 6.04 Å². The standard InChI is InChI=1S/C15H17NO/c1-11-9-14(11)16-10-13-7-8-15(17-13)12-5-3-2-4-6-12/h2-8,11,14,16H,9-10H2,1H3. The number of benzene rings is 1. The lowest BCUT2D eigenvalue weighted by Crippen LogP contribution is -2.16. The number of nitrogens with one attached hydrogen (secondary N) is 1. The summed E-state index contributed by atoms with van der Waals surface area (Å²) in [5, 5.41) is 3.49. The van der Waals surface area contributed by atoms with Crippen molar-refractivity contribution in [2.24, 2.45) is 5.92 Å². The van der Waals surface area contributed by atoms with Gasteiger partial charge in [0, 0.05) is 11.6 Å². The average molecular weight is 227 g/mol. The molecule has 0 bridgehead atoms. The molecule has 1 aliphatic carbocycles. The predicted molar refractivity (Wildman–Crippen MR) is 68.6 cm³/mol. The maximum Gasteiger partial charge on any atom is 0.134 e. The Labute approximate surface area is 102 Å². The molecule has 0 saturated heterocycles. The molecule has 0 aliphatic heterocycles. The smallest absolute Gasteiger partial charge is 0.134 e. The fourth-order valence-electron chi connectivity index (χ4n) is 2.07. The van der Waals surface area contributed by atoms with Crippen molar-refractivity contribution >= 4 is 0 Å². The van der Waals surface area contributed by atoms with Gasteiger partial charge in [-0.3, -0.25) is 0 Å². The largest absolute Gasteiger partial charge is 0.460 e. The van der Waals surface area contributed by atoms with Gasteiger partial charge in [-0.2, -0.15) is 0 Å². The third-order valence-electron chi connectivity index (χ3n) is 3.37. The summed E-state index contributed by atoms with van der Waals surface area (Å²) in [5.74, 6) is 2.80. The second kappa shape index (κ2) is 4.38. The molecule has 1 aromatic carbocycles. The molecule has 1 heterocycles. The topological polar surface area (TPSA) is 25.2 Å². The van der Waals surface area contributed by atoms with Crippen molar-refractivity contribution in [3.05, 3.63) is 48.2 Å². The molecule has 1 saturated carbocycles. The summed E-state index contributed by atoms with van der Waals surface area (Å²) in [7, 11) is 0. The van der Waals surface area contributed by atoms with Crippen LogP contribution < -0.4 is 5.32 Å². The fourth-order valence-corrected chi connectivity index (χ4v) is 2.07. The maximum absolute atomic E-state index is 5.82. The Balaban J connectivity index is 1.66. The molecule has 1 aliphatic rings. The van der Waals surface area contributed by atoms with Crippen molar-refractivity contribution < 1.29 is 4.42 Å². The lowest BCUT2D eigenvalue weighted by Gasteiger charge is -2.00. The van der Waals surface area contributed by atoms with E-state index in [0.29, 0.717) is 6.04 Å². The summed E-state index contributed by atoms with van der Waals surface area (Å²) in [5.41, 5.74) is 1.14. The first-order valence-corrected chi connectivity index (χ1v) is 6.20. The molecular formula is C15H17NO. The third-order valence-corrected chi connectivity index (χ3v) is 3.37. The fraction of sp³-hybridized carbons (Fsp3) is 0.333. The summed E-state index contributed by atoms with van der Waals surface area (Å²) >= 11 is 0. The first-order valence-electron chi connectivity index (χ1n) is 6.20. The molecule has 0 spiro atoms. The van der Waals surface area contributed by atoms with E-state index >= 15 is 0 Å². The first kappa shape index (κ1) is 10.6. The quantitative estimate of drug-likeness (QED) is 0.865. The minimum atomic E-state index is 0.695. The zero-order chi connectivity index (χ0) is 11.7. The van der Waals surface area contributed by atoms with Gasteiger partial charge in [0.1, 0.15) is 11.5 Å². The van der Waals surface area contributed by atoms with Crippen molar-refractivity contribution in [3.8, 4) is 11.3 Å². The van der Waals surface area contributed by atoms with Crippen LogP contribution in [0.15, 0.2) is 46.9 Å². The Hall–Kier alpha value is -1.54. The Kier molecular flexibility index (Phi) is 2.73. The molecule has 1 N–H and O–H groups in total. The molecule has 1 fully saturated rings. The average Bonchev–Trinajstić information content (AvgIpc) is 2.90. The van der Waals surface area contributed by atoms with E-state index in [1.54, 1.807) is 0 Å². The van der Waals surface area contributed by atoms with Crippen LogP contribution >= 0.6 is 0 Å². The van der Waals surface area contributed by atoms with Gasteiger partial charge in [-0.05, 0) is 24.5 Å². The van der Waals surface area contributed by atoms with E-state index in [9.17, 15) is 0 Å². The highest BCUT2D eigenvalue weighted by Gasteiger charge is 2.31. The molecule has 88 valence electrons. The van der Waals surface area contributed by atoms with Crippen LogP contribution in [0, 0.1) is 5.92 Å². The van der Waals surface area contributed by atoms with Crippen LogP contribution in [0.25, 0.3) is 11.3 Å². The SMILES string of the molecule is CC1CC1NCc1ccc(-c2ccccc2)o1. The van der Waals surface area contributed by atoms with E-state index in [1.165, 1.54) is 6.42 Å². The Morgan fingerprint density at radius 3 is 2.65 bits per heavy atom. The summed E-state index contributed by atoms with van der Waals surface area (Å²) in [6, 6.07) is 15.0. The van der Waals surface area contributed by atoms with Gasteiger partial charge in [0.2, 0.25) is 0 Å². The van der Waals surface area contributed by atoms with Crippen molar-refractivity contribution in [2.45, 2.75) is 25.9 Å². The zero-order valence-corrected chi connectivity index (χ0v) is 10.0. The van der Waals surface area contributed by atoms with Crippen LogP contribution in [0.5, 0.6) is 0 Å². The normalized spacial score (nSPS) is 22.6. The summed E-state index contributed by atoms with van der Waals surface area (Å²) in [6.45, 7) is 3.11. The molecule has 3 rings (SSSR count).